The van der Waals surface area contributed by atoms with E-state index in [4.69, 9.17) is 10.5 Å². The molecule has 5 nitrogen and oxygen atoms in total. The fourth-order valence-corrected chi connectivity index (χ4v) is 6.92. The number of rotatable bonds is 6. The monoisotopic (exact) mass is 447 g/mol. The molecule has 3 aromatic rings. The van der Waals surface area contributed by atoms with Crippen molar-refractivity contribution in [1.29, 1.82) is 0 Å². The van der Waals surface area contributed by atoms with Crippen LogP contribution in [0.1, 0.15) is 23.6 Å². The van der Waals surface area contributed by atoms with E-state index in [2.05, 4.69) is 13.2 Å². The van der Waals surface area contributed by atoms with Gasteiger partial charge in [0.15, 0.2) is 0 Å². The molecule has 1 unspecified atom stereocenters. The van der Waals surface area contributed by atoms with Gasteiger partial charge < -0.3 is 20.7 Å². The van der Waals surface area contributed by atoms with Crippen molar-refractivity contribution in [2.75, 3.05) is 12.0 Å². The topological polar surface area (TPSA) is 92.8 Å². The Morgan fingerprint density at radius 3 is 2.28 bits per heavy atom. The molecule has 0 saturated carbocycles. The number of benzene rings is 3. The van der Waals surface area contributed by atoms with Crippen molar-refractivity contribution in [3.8, 4) is 17.2 Å². The fourth-order valence-electron chi connectivity index (χ4n) is 3.86. The van der Waals surface area contributed by atoms with Crippen LogP contribution in [0, 0.1) is 0 Å². The van der Waals surface area contributed by atoms with E-state index in [9.17, 15) is 15.0 Å². The van der Waals surface area contributed by atoms with Crippen molar-refractivity contribution >= 4 is 32.7 Å². The Morgan fingerprint density at radius 2 is 1.66 bits per heavy atom. The summed E-state index contributed by atoms with van der Waals surface area (Å²) in [6, 6.07) is 20.0. The molecule has 32 heavy (non-hydrogen) atoms. The highest BCUT2D eigenvalue weighted by Gasteiger charge is 2.39. The summed E-state index contributed by atoms with van der Waals surface area (Å²) >= 11 is 0. The Morgan fingerprint density at radius 1 is 1.00 bits per heavy atom. The predicted octanol–water partition coefficient (Wildman–Crippen LogP) is 5.33. The van der Waals surface area contributed by atoms with Crippen LogP contribution in [0.5, 0.6) is 17.2 Å². The first-order valence-electron chi connectivity index (χ1n) is 10.2. The highest BCUT2D eigenvalue weighted by Crippen LogP contribution is 2.71. The number of nitrogens with two attached hydrogens (primary N) is 1. The van der Waals surface area contributed by atoms with Crippen LogP contribution in [0.4, 0.5) is 0 Å². The summed E-state index contributed by atoms with van der Waals surface area (Å²) in [5, 5.41) is 20.0. The number of hydrogen-bond donors (Lipinski definition) is 3. The third-order valence-corrected chi connectivity index (χ3v) is 9.38. The molecule has 164 valence electrons. The zero-order chi connectivity index (χ0) is 22.9. The van der Waals surface area contributed by atoms with E-state index in [1.165, 1.54) is 6.08 Å². The van der Waals surface area contributed by atoms with Crippen LogP contribution in [0.2, 0.25) is 0 Å². The molecule has 3 aromatic carbocycles. The summed E-state index contributed by atoms with van der Waals surface area (Å²) in [7, 11) is -1.48. The lowest BCUT2D eigenvalue weighted by atomic mass is 10.1. The van der Waals surface area contributed by atoms with E-state index in [1.807, 2.05) is 48.5 Å². The average molecular weight is 448 g/mol. The van der Waals surface area contributed by atoms with Gasteiger partial charge >= 0.3 is 0 Å². The smallest absolute Gasteiger partial charge is 0.241 e. The molecule has 0 fully saturated rings. The number of phenols is 2. The zero-order valence-electron chi connectivity index (χ0n) is 17.9. The van der Waals surface area contributed by atoms with Gasteiger partial charge in [-0.25, -0.2) is 0 Å². The third-order valence-electron chi connectivity index (χ3n) is 5.60. The average Bonchev–Trinajstić information content (AvgIpc) is 3.02. The maximum atomic E-state index is 11.0. The van der Waals surface area contributed by atoms with Crippen LogP contribution in [0.25, 0.3) is 16.7 Å². The van der Waals surface area contributed by atoms with E-state index in [0.29, 0.717) is 5.75 Å². The number of carbonyl (C=O) groups excluding carboxylic acids is 1. The lowest BCUT2D eigenvalue weighted by Gasteiger charge is -2.34. The highest BCUT2D eigenvalue weighted by molar-refractivity contribution is 8.41. The van der Waals surface area contributed by atoms with E-state index >= 15 is 0 Å². The molecule has 0 saturated heterocycles. The van der Waals surface area contributed by atoms with Gasteiger partial charge in [0.25, 0.3) is 0 Å². The first-order valence-corrected chi connectivity index (χ1v) is 12.4. The molecule has 0 radical (unpaired) electrons. The summed E-state index contributed by atoms with van der Waals surface area (Å²) in [4.78, 5) is 13.1. The number of ether oxygens (including phenoxy) is 1. The maximum Gasteiger partial charge on any atom is 0.241 e. The van der Waals surface area contributed by atoms with Gasteiger partial charge in [-0.15, -0.1) is 0 Å². The van der Waals surface area contributed by atoms with E-state index in [1.54, 1.807) is 24.3 Å². The molecule has 1 amide bonds. The van der Waals surface area contributed by atoms with Gasteiger partial charge in [0, 0.05) is 21.4 Å². The summed E-state index contributed by atoms with van der Waals surface area (Å²) in [5.74, 6) is 2.23. The molecule has 4 N–H and O–H groups in total. The van der Waals surface area contributed by atoms with Crippen molar-refractivity contribution in [1.82, 2.24) is 0 Å². The molecule has 0 aliphatic carbocycles. The molecule has 0 bridgehead atoms. The normalized spacial score (nSPS) is 19.6. The Bertz CT molecular complexity index is 1230. The molecule has 1 aliphatic rings. The summed E-state index contributed by atoms with van der Waals surface area (Å²) < 4.78 is 6.46. The molecule has 0 spiro atoms. The van der Waals surface area contributed by atoms with Crippen LogP contribution >= 0.6 is 10.0 Å². The molecule has 1 heterocycles. The molecule has 6 heteroatoms. The zero-order valence-corrected chi connectivity index (χ0v) is 18.7. The molecule has 1 aliphatic heterocycles. The van der Waals surface area contributed by atoms with E-state index in [-0.39, 0.29) is 11.5 Å². The number of fused-ring (bicyclic) bond motifs is 1. The van der Waals surface area contributed by atoms with Gasteiger partial charge in [0.05, 0.1) is 0 Å². The summed E-state index contributed by atoms with van der Waals surface area (Å²) in [6.45, 7) is 2.15. The second-order valence-corrected chi connectivity index (χ2v) is 11.3. The van der Waals surface area contributed by atoms with Gasteiger partial charge in [-0.2, -0.15) is 10.0 Å². The molecule has 4 rings (SSSR count). The van der Waals surface area contributed by atoms with Crippen molar-refractivity contribution in [2.24, 2.45) is 5.73 Å². The number of primary amides is 1. The third kappa shape index (κ3) is 3.97. The lowest BCUT2D eigenvalue weighted by Crippen LogP contribution is -2.05. The van der Waals surface area contributed by atoms with Crippen LogP contribution in [-0.4, -0.2) is 28.1 Å². The van der Waals surface area contributed by atoms with Gasteiger partial charge in [0.2, 0.25) is 5.91 Å². The minimum absolute atomic E-state index is 0.206. The van der Waals surface area contributed by atoms with Gasteiger partial charge in [0.1, 0.15) is 23.0 Å². The van der Waals surface area contributed by atoms with Gasteiger partial charge in [-0.3, -0.25) is 4.79 Å². The summed E-state index contributed by atoms with van der Waals surface area (Å²) in [6.07, 6.45) is 5.19. The standard InChI is InChI=1S/C26H25NO4S/c1-3-32(2)23-16-20(29)11-14-22(23)25(26(32)18-7-9-19(28)10-8-18)31-21-12-4-17(5-13-21)6-15-24(27)30/h4-16,28-29H,3H2,1-2H3,(H2,27,30). The first-order chi connectivity index (χ1) is 15.3. The maximum absolute atomic E-state index is 11.0. The Balaban J connectivity index is 1.83. The predicted molar refractivity (Wildman–Crippen MR) is 131 cm³/mol. The largest absolute Gasteiger partial charge is 0.508 e. The van der Waals surface area contributed by atoms with Gasteiger partial charge in [-0.05, 0) is 71.7 Å². The first kappa shape index (κ1) is 21.6. The SMILES string of the molecule is CCS1(C)C(c2ccc(O)cc2)=C(Oc2ccc(C=CC(N)=O)cc2)c2ccc(O)cc21. The summed E-state index contributed by atoms with van der Waals surface area (Å²) in [5.41, 5.74) is 7.94. The molecular formula is C26H25NO4S. The Hall–Kier alpha value is -3.64. The minimum Gasteiger partial charge on any atom is -0.508 e. The van der Waals surface area contributed by atoms with Crippen molar-refractivity contribution < 1.29 is 19.7 Å². The Labute approximate surface area is 188 Å². The van der Waals surface area contributed by atoms with Crippen molar-refractivity contribution in [3.63, 3.8) is 0 Å². The molecular weight excluding hydrogens is 422 g/mol. The van der Waals surface area contributed by atoms with Crippen LogP contribution in [-0.2, 0) is 4.79 Å². The van der Waals surface area contributed by atoms with E-state index in [0.717, 1.165) is 38.0 Å². The highest BCUT2D eigenvalue weighted by atomic mass is 32.3. The number of phenolic OH excluding ortho intramolecular Hbond substituents is 2. The minimum atomic E-state index is -1.48. The van der Waals surface area contributed by atoms with Gasteiger partial charge in [-0.1, -0.05) is 31.2 Å². The van der Waals surface area contributed by atoms with Crippen LogP contribution in [0.3, 0.4) is 0 Å². The van der Waals surface area contributed by atoms with Crippen molar-refractivity contribution in [2.45, 2.75) is 11.8 Å². The second-order valence-electron chi connectivity index (χ2n) is 7.67. The van der Waals surface area contributed by atoms with Crippen LogP contribution < -0.4 is 10.5 Å². The van der Waals surface area contributed by atoms with E-state index < -0.39 is 15.9 Å². The Kier molecular flexibility index (Phi) is 5.72. The quantitative estimate of drug-likeness (QED) is 0.446. The second kappa shape index (κ2) is 8.48. The number of hydrogen-bond acceptors (Lipinski definition) is 4. The van der Waals surface area contributed by atoms with Crippen molar-refractivity contribution in [3.05, 3.63) is 89.5 Å². The molecule has 0 aromatic heterocycles. The lowest BCUT2D eigenvalue weighted by molar-refractivity contribution is -0.113. The number of aromatic hydroxyl groups is 2. The molecule has 1 atom stereocenters. The van der Waals surface area contributed by atoms with Crippen LogP contribution in [0.15, 0.2) is 77.7 Å². The number of amides is 1. The number of carbonyl (C=O) groups is 1. The fraction of sp³-hybridized carbons (Fsp3) is 0.115.